The van der Waals surface area contributed by atoms with Gasteiger partial charge >= 0.3 is 0 Å². The maximum atomic E-state index is 11.0. The van der Waals surface area contributed by atoms with Gasteiger partial charge in [0.2, 0.25) is 5.91 Å². The third-order valence-electron chi connectivity index (χ3n) is 2.31. The van der Waals surface area contributed by atoms with E-state index in [2.05, 4.69) is 5.32 Å². The first kappa shape index (κ1) is 12.5. The highest BCUT2D eigenvalue weighted by molar-refractivity contribution is 5.75. The van der Waals surface area contributed by atoms with Gasteiger partial charge in [0.25, 0.3) is 0 Å². The number of carbonyl (C=O) groups is 1. The number of methoxy groups -OCH3 is 1. The predicted molar refractivity (Wildman–Crippen MR) is 61.3 cm³/mol. The van der Waals surface area contributed by atoms with Crippen LogP contribution >= 0.6 is 0 Å². The first-order valence-corrected chi connectivity index (χ1v) is 5.26. The van der Waals surface area contributed by atoms with Gasteiger partial charge in [0.1, 0.15) is 5.75 Å². The molecule has 1 aromatic carbocycles. The number of benzene rings is 1. The van der Waals surface area contributed by atoms with Crippen LogP contribution in [0.5, 0.6) is 5.75 Å². The van der Waals surface area contributed by atoms with Gasteiger partial charge in [-0.15, -0.1) is 0 Å². The summed E-state index contributed by atoms with van der Waals surface area (Å²) in [5.74, 6) is 0.682. The van der Waals surface area contributed by atoms with Gasteiger partial charge in [-0.1, -0.05) is 19.1 Å². The minimum atomic E-state index is -0.679. The molecule has 88 valence electrons. The number of aliphatic hydroxyl groups excluding tert-OH is 1. The molecule has 1 unspecified atom stereocenters. The van der Waals surface area contributed by atoms with Gasteiger partial charge in [0.05, 0.1) is 13.2 Å². The summed E-state index contributed by atoms with van der Waals surface area (Å²) in [7, 11) is 1.59. The standard InChI is InChI=1S/C12H17NO3/c1-3-12(15)13-8-11(14)9-4-6-10(16-2)7-5-9/h4-7,11,14H,3,8H2,1-2H3,(H,13,15). The molecule has 0 radical (unpaired) electrons. The Bertz CT molecular complexity index is 335. The number of carbonyl (C=O) groups excluding carboxylic acids is 1. The fraction of sp³-hybridized carbons (Fsp3) is 0.417. The second-order valence-corrected chi connectivity index (χ2v) is 3.45. The van der Waals surface area contributed by atoms with Crippen molar-refractivity contribution in [3.05, 3.63) is 29.8 Å². The lowest BCUT2D eigenvalue weighted by Gasteiger charge is -2.12. The van der Waals surface area contributed by atoms with Crippen molar-refractivity contribution in [3.63, 3.8) is 0 Å². The number of rotatable bonds is 5. The van der Waals surface area contributed by atoms with Crippen molar-refractivity contribution in [1.82, 2.24) is 5.32 Å². The van der Waals surface area contributed by atoms with E-state index in [4.69, 9.17) is 4.74 Å². The zero-order valence-electron chi connectivity index (χ0n) is 9.56. The van der Waals surface area contributed by atoms with Crippen LogP contribution < -0.4 is 10.1 Å². The fourth-order valence-corrected chi connectivity index (χ4v) is 1.28. The quantitative estimate of drug-likeness (QED) is 0.790. The van der Waals surface area contributed by atoms with Crippen LogP contribution in [0.15, 0.2) is 24.3 Å². The predicted octanol–water partition coefficient (Wildman–Crippen LogP) is 1.25. The molecule has 0 aliphatic carbocycles. The van der Waals surface area contributed by atoms with Crippen LogP contribution in [0.3, 0.4) is 0 Å². The third-order valence-corrected chi connectivity index (χ3v) is 2.31. The molecule has 1 amide bonds. The normalized spacial score (nSPS) is 11.9. The molecule has 1 rings (SSSR count). The van der Waals surface area contributed by atoms with E-state index in [1.54, 1.807) is 38.3 Å². The lowest BCUT2D eigenvalue weighted by molar-refractivity contribution is -0.121. The van der Waals surface area contributed by atoms with Crippen molar-refractivity contribution in [2.45, 2.75) is 19.4 Å². The molecule has 0 fully saturated rings. The van der Waals surface area contributed by atoms with Crippen molar-refractivity contribution >= 4 is 5.91 Å². The van der Waals surface area contributed by atoms with Gasteiger partial charge in [-0.05, 0) is 17.7 Å². The molecule has 16 heavy (non-hydrogen) atoms. The van der Waals surface area contributed by atoms with Crippen LogP contribution in [0.4, 0.5) is 0 Å². The van der Waals surface area contributed by atoms with Crippen molar-refractivity contribution < 1.29 is 14.6 Å². The zero-order chi connectivity index (χ0) is 12.0. The lowest BCUT2D eigenvalue weighted by atomic mass is 10.1. The molecule has 0 aliphatic heterocycles. The Morgan fingerprint density at radius 2 is 2.06 bits per heavy atom. The van der Waals surface area contributed by atoms with Crippen LogP contribution in [-0.4, -0.2) is 24.7 Å². The molecule has 0 heterocycles. The highest BCUT2D eigenvalue weighted by atomic mass is 16.5. The number of ether oxygens (including phenoxy) is 1. The average Bonchev–Trinajstić information content (AvgIpc) is 2.35. The highest BCUT2D eigenvalue weighted by Crippen LogP contribution is 2.16. The van der Waals surface area contributed by atoms with Crippen LogP contribution in [0.1, 0.15) is 25.0 Å². The molecule has 0 aromatic heterocycles. The summed E-state index contributed by atoms with van der Waals surface area (Å²) >= 11 is 0. The largest absolute Gasteiger partial charge is 0.497 e. The van der Waals surface area contributed by atoms with E-state index in [0.29, 0.717) is 6.42 Å². The van der Waals surface area contributed by atoms with E-state index >= 15 is 0 Å². The number of nitrogens with one attached hydrogen (secondary N) is 1. The number of aliphatic hydroxyl groups is 1. The van der Waals surface area contributed by atoms with Gasteiger partial charge in [-0.3, -0.25) is 4.79 Å². The minimum Gasteiger partial charge on any atom is -0.497 e. The lowest BCUT2D eigenvalue weighted by Crippen LogP contribution is -2.27. The first-order chi connectivity index (χ1) is 7.67. The van der Waals surface area contributed by atoms with Crippen molar-refractivity contribution in [3.8, 4) is 5.75 Å². The summed E-state index contributed by atoms with van der Waals surface area (Å²) < 4.78 is 5.01. The first-order valence-electron chi connectivity index (χ1n) is 5.26. The van der Waals surface area contributed by atoms with Crippen LogP contribution in [-0.2, 0) is 4.79 Å². The molecular weight excluding hydrogens is 206 g/mol. The molecule has 2 N–H and O–H groups in total. The summed E-state index contributed by atoms with van der Waals surface area (Å²) in [6.07, 6.45) is -0.253. The van der Waals surface area contributed by atoms with Crippen molar-refractivity contribution in [1.29, 1.82) is 0 Å². The minimum absolute atomic E-state index is 0.0624. The molecule has 0 spiro atoms. The summed E-state index contributed by atoms with van der Waals surface area (Å²) in [6, 6.07) is 7.11. The Morgan fingerprint density at radius 1 is 1.44 bits per heavy atom. The number of hydrogen-bond donors (Lipinski definition) is 2. The summed E-state index contributed by atoms with van der Waals surface area (Å²) in [4.78, 5) is 11.0. The maximum absolute atomic E-state index is 11.0. The fourth-order valence-electron chi connectivity index (χ4n) is 1.28. The monoisotopic (exact) mass is 223 g/mol. The van der Waals surface area contributed by atoms with Crippen molar-refractivity contribution in [2.24, 2.45) is 0 Å². The molecule has 1 atom stereocenters. The Hall–Kier alpha value is -1.55. The Kier molecular flexibility index (Phi) is 4.79. The zero-order valence-corrected chi connectivity index (χ0v) is 9.56. The topological polar surface area (TPSA) is 58.6 Å². The van der Waals surface area contributed by atoms with Gasteiger partial charge in [-0.2, -0.15) is 0 Å². The van der Waals surface area contributed by atoms with Crippen LogP contribution in [0.2, 0.25) is 0 Å². The van der Waals surface area contributed by atoms with Gasteiger partial charge in [0.15, 0.2) is 0 Å². The smallest absolute Gasteiger partial charge is 0.219 e. The molecule has 0 saturated heterocycles. The van der Waals surface area contributed by atoms with E-state index in [1.807, 2.05) is 0 Å². The van der Waals surface area contributed by atoms with E-state index < -0.39 is 6.10 Å². The summed E-state index contributed by atoms with van der Waals surface area (Å²) in [5.41, 5.74) is 0.761. The maximum Gasteiger partial charge on any atom is 0.219 e. The molecule has 0 saturated carbocycles. The second kappa shape index (κ2) is 6.12. The van der Waals surface area contributed by atoms with E-state index in [1.165, 1.54) is 0 Å². The molecule has 4 heteroatoms. The Morgan fingerprint density at radius 3 is 2.56 bits per heavy atom. The molecule has 4 nitrogen and oxygen atoms in total. The van der Waals surface area contributed by atoms with Gasteiger partial charge in [0, 0.05) is 13.0 Å². The van der Waals surface area contributed by atoms with E-state index in [9.17, 15) is 9.90 Å². The second-order valence-electron chi connectivity index (χ2n) is 3.45. The Labute approximate surface area is 95.2 Å². The third kappa shape index (κ3) is 3.55. The van der Waals surface area contributed by atoms with Gasteiger partial charge < -0.3 is 15.2 Å². The van der Waals surface area contributed by atoms with Crippen LogP contribution in [0.25, 0.3) is 0 Å². The molecule has 0 aliphatic rings. The van der Waals surface area contributed by atoms with E-state index in [0.717, 1.165) is 11.3 Å². The van der Waals surface area contributed by atoms with Crippen molar-refractivity contribution in [2.75, 3.05) is 13.7 Å². The summed E-state index contributed by atoms with van der Waals surface area (Å²) in [5, 5.41) is 12.4. The number of hydrogen-bond acceptors (Lipinski definition) is 3. The van der Waals surface area contributed by atoms with Gasteiger partial charge in [-0.25, -0.2) is 0 Å². The molecule has 0 bridgehead atoms. The molecular formula is C12H17NO3. The average molecular weight is 223 g/mol. The van der Waals surface area contributed by atoms with Crippen LogP contribution in [0, 0.1) is 0 Å². The number of amides is 1. The molecule has 1 aromatic rings. The summed E-state index contributed by atoms with van der Waals surface area (Å²) in [6.45, 7) is 2.01. The Balaban J connectivity index is 2.52. The SMILES string of the molecule is CCC(=O)NCC(O)c1ccc(OC)cc1. The van der Waals surface area contributed by atoms with E-state index in [-0.39, 0.29) is 12.5 Å². The highest BCUT2D eigenvalue weighted by Gasteiger charge is 2.08.